The summed E-state index contributed by atoms with van der Waals surface area (Å²) in [6.45, 7) is 0. The number of methoxy groups -OCH3 is 1. The third-order valence-electron chi connectivity index (χ3n) is 5.11. The van der Waals surface area contributed by atoms with Gasteiger partial charge in [-0.15, -0.1) is 0 Å². The Morgan fingerprint density at radius 1 is 1.00 bits per heavy atom. The maximum Gasteiger partial charge on any atom is 0.337 e. The molecule has 4 rings (SSSR count). The standard InChI is InChI=1S/C22H24N4O2/c1-28-21(27)15-11-13-17(14-12-15)24-22-25-19-10-6-5-9-18(19)20(26-22)23-16-7-3-2-4-8-16/h5-6,9-14,16H,2-4,7-8H2,1H3,(H2,23,24,25,26). The molecule has 2 N–H and O–H groups in total. The predicted octanol–water partition coefficient (Wildman–Crippen LogP) is 4.90. The molecule has 3 aromatic rings. The first-order chi connectivity index (χ1) is 13.7. The number of carbonyl (C=O) groups is 1. The molecule has 6 heteroatoms. The first kappa shape index (κ1) is 18.2. The van der Waals surface area contributed by atoms with Crippen LogP contribution in [0.4, 0.5) is 17.5 Å². The first-order valence-corrected chi connectivity index (χ1v) is 9.71. The molecule has 1 fully saturated rings. The lowest BCUT2D eigenvalue weighted by atomic mass is 9.95. The highest BCUT2D eigenvalue weighted by molar-refractivity contribution is 5.91. The average Bonchev–Trinajstić information content (AvgIpc) is 2.74. The van der Waals surface area contributed by atoms with Gasteiger partial charge in [-0.1, -0.05) is 31.4 Å². The van der Waals surface area contributed by atoms with E-state index in [0.717, 1.165) is 22.4 Å². The number of anilines is 3. The van der Waals surface area contributed by atoms with Crippen molar-refractivity contribution in [3.05, 3.63) is 54.1 Å². The Morgan fingerprint density at radius 2 is 1.75 bits per heavy atom. The highest BCUT2D eigenvalue weighted by atomic mass is 16.5. The van der Waals surface area contributed by atoms with E-state index in [-0.39, 0.29) is 5.97 Å². The van der Waals surface area contributed by atoms with E-state index < -0.39 is 0 Å². The molecule has 0 radical (unpaired) electrons. The van der Waals surface area contributed by atoms with E-state index >= 15 is 0 Å². The van der Waals surface area contributed by atoms with Crippen LogP contribution < -0.4 is 10.6 Å². The number of esters is 1. The minimum Gasteiger partial charge on any atom is -0.465 e. The molecule has 0 amide bonds. The number of hydrogen-bond donors (Lipinski definition) is 2. The van der Waals surface area contributed by atoms with Crippen LogP contribution in [0.2, 0.25) is 0 Å². The van der Waals surface area contributed by atoms with Crippen molar-refractivity contribution in [2.75, 3.05) is 17.7 Å². The first-order valence-electron chi connectivity index (χ1n) is 9.71. The van der Waals surface area contributed by atoms with Crippen molar-refractivity contribution in [3.63, 3.8) is 0 Å². The van der Waals surface area contributed by atoms with E-state index in [2.05, 4.69) is 21.7 Å². The number of ether oxygens (including phenoxy) is 1. The van der Waals surface area contributed by atoms with Gasteiger partial charge in [-0.25, -0.2) is 9.78 Å². The number of nitrogens with one attached hydrogen (secondary N) is 2. The van der Waals surface area contributed by atoms with Crippen LogP contribution in [0.3, 0.4) is 0 Å². The number of carbonyl (C=O) groups excluding carboxylic acids is 1. The van der Waals surface area contributed by atoms with Crippen molar-refractivity contribution >= 4 is 34.3 Å². The summed E-state index contributed by atoms with van der Waals surface area (Å²) in [6, 6.07) is 15.6. The highest BCUT2D eigenvalue weighted by Crippen LogP contribution is 2.27. The third kappa shape index (κ3) is 4.06. The molecule has 1 heterocycles. The fraction of sp³-hybridized carbons (Fsp3) is 0.318. The van der Waals surface area contributed by atoms with E-state index in [0.29, 0.717) is 17.6 Å². The molecule has 2 aromatic carbocycles. The van der Waals surface area contributed by atoms with E-state index in [4.69, 9.17) is 9.72 Å². The summed E-state index contributed by atoms with van der Waals surface area (Å²) in [6.07, 6.45) is 6.19. The van der Waals surface area contributed by atoms with Crippen molar-refractivity contribution in [1.29, 1.82) is 0 Å². The molecule has 0 bridgehead atoms. The topological polar surface area (TPSA) is 76.1 Å². The van der Waals surface area contributed by atoms with Gasteiger partial charge >= 0.3 is 5.97 Å². The predicted molar refractivity (Wildman–Crippen MR) is 111 cm³/mol. The average molecular weight is 376 g/mol. The number of nitrogens with zero attached hydrogens (tertiary/aromatic N) is 2. The molecule has 0 aliphatic heterocycles. The lowest BCUT2D eigenvalue weighted by molar-refractivity contribution is 0.0601. The lowest BCUT2D eigenvalue weighted by Gasteiger charge is -2.24. The Balaban J connectivity index is 1.60. The Bertz CT molecular complexity index is 966. The number of hydrogen-bond acceptors (Lipinski definition) is 6. The van der Waals surface area contributed by atoms with Gasteiger partial charge in [-0.05, 0) is 49.2 Å². The fourth-order valence-corrected chi connectivity index (χ4v) is 3.62. The quantitative estimate of drug-likeness (QED) is 0.617. The Kier molecular flexibility index (Phi) is 5.37. The van der Waals surface area contributed by atoms with Crippen LogP contribution in [0, 0.1) is 0 Å². The van der Waals surface area contributed by atoms with Crippen LogP contribution >= 0.6 is 0 Å². The molecular weight excluding hydrogens is 352 g/mol. The number of fused-ring (bicyclic) bond motifs is 1. The molecule has 0 spiro atoms. The smallest absolute Gasteiger partial charge is 0.337 e. The van der Waals surface area contributed by atoms with E-state index in [1.807, 2.05) is 30.3 Å². The molecule has 1 aromatic heterocycles. The zero-order valence-corrected chi connectivity index (χ0v) is 15.9. The fourth-order valence-electron chi connectivity index (χ4n) is 3.62. The molecular formula is C22H24N4O2. The van der Waals surface area contributed by atoms with Crippen LogP contribution in [0.1, 0.15) is 42.5 Å². The molecule has 0 atom stereocenters. The summed E-state index contributed by atoms with van der Waals surface area (Å²) in [5.74, 6) is 1.04. The zero-order valence-electron chi connectivity index (χ0n) is 15.9. The summed E-state index contributed by atoms with van der Waals surface area (Å²) in [7, 11) is 1.37. The van der Waals surface area contributed by atoms with Gasteiger partial charge in [-0.3, -0.25) is 0 Å². The van der Waals surface area contributed by atoms with Gasteiger partial charge in [-0.2, -0.15) is 4.98 Å². The van der Waals surface area contributed by atoms with Gasteiger partial charge in [0.1, 0.15) is 5.82 Å². The maximum absolute atomic E-state index is 11.6. The Labute approximate surface area is 164 Å². The van der Waals surface area contributed by atoms with Crippen LogP contribution in [0.25, 0.3) is 10.9 Å². The normalized spacial score (nSPS) is 14.6. The SMILES string of the molecule is COC(=O)c1ccc(Nc2nc(NC3CCCCC3)c3ccccc3n2)cc1. The van der Waals surface area contributed by atoms with Crippen LogP contribution in [0.5, 0.6) is 0 Å². The summed E-state index contributed by atoms with van der Waals surface area (Å²) in [5.41, 5.74) is 2.21. The Hall–Kier alpha value is -3.15. The van der Waals surface area contributed by atoms with Crippen LogP contribution in [0.15, 0.2) is 48.5 Å². The Morgan fingerprint density at radius 3 is 2.50 bits per heavy atom. The molecule has 1 aliphatic carbocycles. The number of aromatic nitrogens is 2. The zero-order chi connectivity index (χ0) is 19.3. The van der Waals surface area contributed by atoms with Crippen LogP contribution in [-0.4, -0.2) is 29.1 Å². The van der Waals surface area contributed by atoms with Gasteiger partial charge in [0.2, 0.25) is 5.95 Å². The molecule has 28 heavy (non-hydrogen) atoms. The van der Waals surface area contributed by atoms with Crippen molar-refractivity contribution in [2.45, 2.75) is 38.1 Å². The van der Waals surface area contributed by atoms with Gasteiger partial charge in [0, 0.05) is 17.1 Å². The van der Waals surface area contributed by atoms with E-state index in [9.17, 15) is 4.79 Å². The summed E-state index contributed by atoms with van der Waals surface area (Å²) in [5, 5.41) is 7.90. The molecule has 1 saturated carbocycles. The van der Waals surface area contributed by atoms with Crippen molar-refractivity contribution in [1.82, 2.24) is 9.97 Å². The number of para-hydroxylation sites is 1. The third-order valence-corrected chi connectivity index (χ3v) is 5.11. The van der Waals surface area contributed by atoms with E-state index in [1.54, 1.807) is 12.1 Å². The minimum absolute atomic E-state index is 0.354. The summed E-state index contributed by atoms with van der Waals surface area (Å²) in [4.78, 5) is 21.0. The van der Waals surface area contributed by atoms with Crippen molar-refractivity contribution in [3.8, 4) is 0 Å². The lowest BCUT2D eigenvalue weighted by Crippen LogP contribution is -2.23. The molecule has 6 nitrogen and oxygen atoms in total. The second kappa shape index (κ2) is 8.25. The summed E-state index contributed by atoms with van der Waals surface area (Å²) >= 11 is 0. The monoisotopic (exact) mass is 376 g/mol. The van der Waals surface area contributed by atoms with Gasteiger partial charge in [0.25, 0.3) is 0 Å². The maximum atomic E-state index is 11.6. The van der Waals surface area contributed by atoms with Crippen molar-refractivity contribution in [2.24, 2.45) is 0 Å². The number of benzene rings is 2. The number of rotatable bonds is 5. The minimum atomic E-state index is -0.354. The van der Waals surface area contributed by atoms with Gasteiger partial charge in [0.15, 0.2) is 0 Å². The van der Waals surface area contributed by atoms with Crippen molar-refractivity contribution < 1.29 is 9.53 Å². The largest absolute Gasteiger partial charge is 0.465 e. The second-order valence-electron chi connectivity index (χ2n) is 7.09. The molecule has 0 unspecified atom stereocenters. The molecule has 0 saturated heterocycles. The highest BCUT2D eigenvalue weighted by Gasteiger charge is 2.16. The van der Waals surface area contributed by atoms with E-state index in [1.165, 1.54) is 39.2 Å². The summed E-state index contributed by atoms with van der Waals surface area (Å²) < 4.78 is 4.74. The van der Waals surface area contributed by atoms with Gasteiger partial charge < -0.3 is 15.4 Å². The van der Waals surface area contributed by atoms with Gasteiger partial charge in [0.05, 0.1) is 18.2 Å². The molecule has 1 aliphatic rings. The molecule has 144 valence electrons. The second-order valence-corrected chi connectivity index (χ2v) is 7.09. The van der Waals surface area contributed by atoms with Crippen LogP contribution in [-0.2, 0) is 4.74 Å².